The zero-order chi connectivity index (χ0) is 13.0. The maximum atomic E-state index is 6.04. The average Bonchev–Trinajstić information content (AvgIpc) is 2.78. The molecular weight excluding hydrogens is 264 g/mol. The van der Waals surface area contributed by atoms with E-state index in [2.05, 4.69) is 29.4 Å². The van der Waals surface area contributed by atoms with Crippen LogP contribution < -0.4 is 5.32 Å². The molecule has 1 unspecified atom stereocenters. The number of thiophene rings is 1. The van der Waals surface area contributed by atoms with E-state index in [0.717, 1.165) is 23.0 Å². The fourth-order valence-corrected chi connectivity index (χ4v) is 3.09. The van der Waals surface area contributed by atoms with Crippen LogP contribution in [-0.4, -0.2) is 11.5 Å². The topological polar surface area (TPSA) is 24.9 Å². The van der Waals surface area contributed by atoms with Crippen molar-refractivity contribution in [3.63, 3.8) is 0 Å². The number of rotatable bonds is 5. The molecule has 1 atom stereocenters. The molecule has 0 aliphatic rings. The summed E-state index contributed by atoms with van der Waals surface area (Å²) in [6, 6.07) is 8.35. The van der Waals surface area contributed by atoms with E-state index in [0.29, 0.717) is 0 Å². The van der Waals surface area contributed by atoms with E-state index in [1.54, 1.807) is 11.3 Å². The van der Waals surface area contributed by atoms with Crippen LogP contribution in [0.25, 0.3) is 0 Å². The minimum Gasteiger partial charge on any atom is -0.306 e. The first-order chi connectivity index (χ1) is 8.72. The zero-order valence-corrected chi connectivity index (χ0v) is 12.2. The van der Waals surface area contributed by atoms with Crippen LogP contribution in [0.15, 0.2) is 30.5 Å². The van der Waals surface area contributed by atoms with Gasteiger partial charge in [0.15, 0.2) is 0 Å². The van der Waals surface area contributed by atoms with Crippen molar-refractivity contribution in [2.75, 3.05) is 6.54 Å². The standard InChI is InChI=1S/C14H17ClN2S/c1-3-8-17-14(12-6-7-13(15)18-12)11-5-4-9-16-10(11)2/h4-7,9,14,17H,3,8H2,1-2H3. The van der Waals surface area contributed by atoms with Gasteiger partial charge in [0.25, 0.3) is 0 Å². The van der Waals surface area contributed by atoms with Crippen LogP contribution in [0, 0.1) is 6.92 Å². The lowest BCUT2D eigenvalue weighted by Gasteiger charge is -2.19. The fraction of sp³-hybridized carbons (Fsp3) is 0.357. The number of nitrogens with zero attached hydrogens (tertiary/aromatic N) is 1. The number of halogens is 1. The highest BCUT2D eigenvalue weighted by molar-refractivity contribution is 7.16. The summed E-state index contributed by atoms with van der Waals surface area (Å²) in [5.41, 5.74) is 2.29. The molecule has 1 N–H and O–H groups in total. The van der Waals surface area contributed by atoms with Gasteiger partial charge in [-0.05, 0) is 43.7 Å². The zero-order valence-electron chi connectivity index (χ0n) is 10.6. The van der Waals surface area contributed by atoms with E-state index >= 15 is 0 Å². The van der Waals surface area contributed by atoms with E-state index in [-0.39, 0.29) is 6.04 Å². The minimum absolute atomic E-state index is 0.191. The van der Waals surface area contributed by atoms with Gasteiger partial charge >= 0.3 is 0 Å². The minimum atomic E-state index is 0.191. The molecule has 0 radical (unpaired) electrons. The molecule has 2 rings (SSSR count). The molecule has 0 saturated heterocycles. The molecular formula is C14H17ClN2S. The SMILES string of the molecule is CCCNC(c1ccc(Cl)s1)c1cccnc1C. The Morgan fingerprint density at radius 2 is 2.22 bits per heavy atom. The number of pyridine rings is 1. The number of hydrogen-bond donors (Lipinski definition) is 1. The summed E-state index contributed by atoms with van der Waals surface area (Å²) >= 11 is 7.67. The second kappa shape index (κ2) is 6.32. The Bertz CT molecular complexity index is 510. The van der Waals surface area contributed by atoms with Crippen LogP contribution in [-0.2, 0) is 0 Å². The molecule has 18 heavy (non-hydrogen) atoms. The number of hydrogen-bond acceptors (Lipinski definition) is 3. The molecule has 0 aliphatic carbocycles. The van der Waals surface area contributed by atoms with E-state index in [4.69, 9.17) is 11.6 Å². The van der Waals surface area contributed by atoms with Crippen LogP contribution in [0.2, 0.25) is 4.34 Å². The van der Waals surface area contributed by atoms with E-state index in [1.807, 2.05) is 25.3 Å². The summed E-state index contributed by atoms with van der Waals surface area (Å²) in [5.74, 6) is 0. The molecule has 0 aliphatic heterocycles. The number of nitrogens with one attached hydrogen (secondary N) is 1. The highest BCUT2D eigenvalue weighted by atomic mass is 35.5. The first-order valence-corrected chi connectivity index (χ1v) is 7.32. The van der Waals surface area contributed by atoms with Gasteiger partial charge in [-0.3, -0.25) is 4.98 Å². The summed E-state index contributed by atoms with van der Waals surface area (Å²) < 4.78 is 0.829. The first-order valence-electron chi connectivity index (χ1n) is 6.12. The smallest absolute Gasteiger partial charge is 0.0931 e. The molecule has 0 spiro atoms. The third kappa shape index (κ3) is 3.10. The maximum absolute atomic E-state index is 6.04. The van der Waals surface area contributed by atoms with E-state index < -0.39 is 0 Å². The van der Waals surface area contributed by atoms with Gasteiger partial charge in [-0.2, -0.15) is 0 Å². The lowest BCUT2D eigenvalue weighted by molar-refractivity contribution is 0.601. The second-order valence-electron chi connectivity index (χ2n) is 4.21. The number of aromatic nitrogens is 1. The molecule has 0 amide bonds. The van der Waals surface area contributed by atoms with Crippen molar-refractivity contribution in [1.82, 2.24) is 10.3 Å². The van der Waals surface area contributed by atoms with Crippen molar-refractivity contribution >= 4 is 22.9 Å². The molecule has 2 aromatic heterocycles. The maximum Gasteiger partial charge on any atom is 0.0931 e. The Kier molecular flexibility index (Phi) is 4.75. The molecule has 0 saturated carbocycles. The third-order valence-electron chi connectivity index (χ3n) is 2.84. The average molecular weight is 281 g/mol. The van der Waals surface area contributed by atoms with Crippen molar-refractivity contribution in [3.8, 4) is 0 Å². The Morgan fingerprint density at radius 1 is 1.39 bits per heavy atom. The normalized spacial score (nSPS) is 12.6. The van der Waals surface area contributed by atoms with Gasteiger partial charge in [0.2, 0.25) is 0 Å². The second-order valence-corrected chi connectivity index (χ2v) is 5.95. The molecule has 4 heteroatoms. The predicted molar refractivity (Wildman–Crippen MR) is 78.4 cm³/mol. The van der Waals surface area contributed by atoms with Crippen molar-refractivity contribution in [1.29, 1.82) is 0 Å². The summed E-state index contributed by atoms with van der Waals surface area (Å²) in [5, 5.41) is 3.57. The molecule has 2 nitrogen and oxygen atoms in total. The van der Waals surface area contributed by atoms with Gasteiger partial charge in [-0.25, -0.2) is 0 Å². The van der Waals surface area contributed by atoms with Crippen molar-refractivity contribution in [2.24, 2.45) is 0 Å². The Morgan fingerprint density at radius 3 is 2.83 bits per heavy atom. The number of aryl methyl sites for hydroxylation is 1. The molecule has 0 fully saturated rings. The first kappa shape index (κ1) is 13.5. The van der Waals surface area contributed by atoms with Crippen LogP contribution in [0.5, 0.6) is 0 Å². The van der Waals surface area contributed by atoms with Crippen LogP contribution >= 0.6 is 22.9 Å². The van der Waals surface area contributed by atoms with Crippen molar-refractivity contribution in [2.45, 2.75) is 26.3 Å². The lowest BCUT2D eigenvalue weighted by atomic mass is 10.0. The Hall–Kier alpha value is -0.900. The summed E-state index contributed by atoms with van der Waals surface area (Å²) in [4.78, 5) is 5.61. The van der Waals surface area contributed by atoms with Gasteiger partial charge in [-0.15, -0.1) is 11.3 Å². The fourth-order valence-electron chi connectivity index (χ4n) is 1.94. The predicted octanol–water partition coefficient (Wildman–Crippen LogP) is 4.19. The summed E-state index contributed by atoms with van der Waals surface area (Å²) in [6.45, 7) is 5.20. The van der Waals surface area contributed by atoms with E-state index in [1.165, 1.54) is 10.4 Å². The molecule has 96 valence electrons. The summed E-state index contributed by atoms with van der Waals surface area (Å²) in [7, 11) is 0. The highest BCUT2D eigenvalue weighted by Gasteiger charge is 2.17. The third-order valence-corrected chi connectivity index (χ3v) is 4.13. The molecule has 0 bridgehead atoms. The van der Waals surface area contributed by atoms with E-state index in [9.17, 15) is 0 Å². The van der Waals surface area contributed by atoms with Gasteiger partial charge in [0.1, 0.15) is 0 Å². The molecule has 2 aromatic rings. The van der Waals surface area contributed by atoms with Crippen LogP contribution in [0.3, 0.4) is 0 Å². The van der Waals surface area contributed by atoms with Gasteiger partial charge in [-0.1, -0.05) is 24.6 Å². The summed E-state index contributed by atoms with van der Waals surface area (Å²) in [6.07, 6.45) is 2.94. The molecule has 0 aromatic carbocycles. The lowest BCUT2D eigenvalue weighted by Crippen LogP contribution is -2.23. The van der Waals surface area contributed by atoms with Crippen molar-refractivity contribution < 1.29 is 0 Å². The monoisotopic (exact) mass is 280 g/mol. The largest absolute Gasteiger partial charge is 0.306 e. The van der Waals surface area contributed by atoms with Gasteiger partial charge in [0, 0.05) is 16.8 Å². The van der Waals surface area contributed by atoms with Gasteiger partial charge < -0.3 is 5.32 Å². The van der Waals surface area contributed by atoms with Crippen LogP contribution in [0.4, 0.5) is 0 Å². The highest BCUT2D eigenvalue weighted by Crippen LogP contribution is 2.31. The Balaban J connectivity index is 2.33. The Labute approximate surface area is 117 Å². The molecule has 2 heterocycles. The van der Waals surface area contributed by atoms with Crippen molar-refractivity contribution in [3.05, 3.63) is 50.9 Å². The quantitative estimate of drug-likeness (QED) is 0.888. The van der Waals surface area contributed by atoms with Gasteiger partial charge in [0.05, 0.1) is 10.4 Å². The van der Waals surface area contributed by atoms with Crippen LogP contribution in [0.1, 0.15) is 35.5 Å².